The fourth-order valence-corrected chi connectivity index (χ4v) is 2.78. The van der Waals surface area contributed by atoms with Crippen molar-refractivity contribution in [3.05, 3.63) is 22.3 Å². The van der Waals surface area contributed by atoms with Crippen LogP contribution in [0.4, 0.5) is 5.82 Å². The van der Waals surface area contributed by atoms with Gasteiger partial charge in [-0.2, -0.15) is 0 Å². The molecule has 1 aromatic heterocycles. The number of anilines is 1. The minimum Gasteiger partial charge on any atom is -0.358 e. The highest BCUT2D eigenvalue weighted by molar-refractivity contribution is 9.10. The third kappa shape index (κ3) is 2.36. The Bertz CT molecular complexity index is 557. The molecule has 3 rings (SSSR count). The van der Waals surface area contributed by atoms with Crippen molar-refractivity contribution in [1.82, 2.24) is 9.88 Å². The molecule has 2 fully saturated rings. The monoisotopic (exact) mass is 323 g/mol. The van der Waals surface area contributed by atoms with E-state index in [1.807, 2.05) is 13.0 Å². The second kappa shape index (κ2) is 4.59. The van der Waals surface area contributed by atoms with Crippen LogP contribution in [0.15, 0.2) is 16.7 Å². The summed E-state index contributed by atoms with van der Waals surface area (Å²) in [5.41, 5.74) is 0.944. The van der Waals surface area contributed by atoms with Crippen LogP contribution in [-0.4, -0.2) is 33.8 Å². The van der Waals surface area contributed by atoms with Gasteiger partial charge in [0.1, 0.15) is 11.9 Å². The molecule has 2 heterocycles. The smallest absolute Gasteiger partial charge is 0.252 e. The summed E-state index contributed by atoms with van der Waals surface area (Å²) >= 11 is 3.35. The predicted molar refractivity (Wildman–Crippen MR) is 73.6 cm³/mol. The molecular formula is C13H14BrN3O2. The van der Waals surface area contributed by atoms with Crippen LogP contribution in [0.1, 0.15) is 24.8 Å². The Morgan fingerprint density at radius 2 is 2.16 bits per heavy atom. The quantitative estimate of drug-likeness (QED) is 0.862. The Balaban J connectivity index is 1.76. The average Bonchev–Trinajstić information content (AvgIpc) is 3.12. The van der Waals surface area contributed by atoms with E-state index >= 15 is 0 Å². The van der Waals surface area contributed by atoms with Gasteiger partial charge >= 0.3 is 0 Å². The summed E-state index contributed by atoms with van der Waals surface area (Å²) in [5, 5.41) is 3.09. The van der Waals surface area contributed by atoms with Crippen LogP contribution in [0.5, 0.6) is 0 Å². The summed E-state index contributed by atoms with van der Waals surface area (Å²) in [6, 6.07) is 1.60. The van der Waals surface area contributed by atoms with Gasteiger partial charge in [0.25, 0.3) is 5.91 Å². The molecule has 0 bridgehead atoms. The third-order valence-corrected chi connectivity index (χ3v) is 3.88. The Labute approximate surface area is 119 Å². The van der Waals surface area contributed by atoms with E-state index in [4.69, 9.17) is 0 Å². The van der Waals surface area contributed by atoms with E-state index in [1.165, 1.54) is 4.90 Å². The van der Waals surface area contributed by atoms with E-state index in [1.54, 1.807) is 6.20 Å². The number of nitrogens with zero attached hydrogens (tertiary/aromatic N) is 2. The highest BCUT2D eigenvalue weighted by Crippen LogP contribution is 2.32. The lowest BCUT2D eigenvalue weighted by molar-refractivity contribution is -0.139. The topological polar surface area (TPSA) is 62.3 Å². The van der Waals surface area contributed by atoms with Crippen LogP contribution in [0.3, 0.4) is 0 Å². The van der Waals surface area contributed by atoms with Crippen LogP contribution in [0.25, 0.3) is 0 Å². The standard InChI is InChI=1S/C13H14BrN3O2/c1-7-4-8(14)6-15-12(7)16-10-5-11(18)17(13(10)19)9-2-3-9/h4,6,9-10H,2-3,5H2,1H3,(H,15,16). The van der Waals surface area contributed by atoms with Crippen molar-refractivity contribution in [2.24, 2.45) is 0 Å². The van der Waals surface area contributed by atoms with Crippen LogP contribution >= 0.6 is 15.9 Å². The summed E-state index contributed by atoms with van der Waals surface area (Å²) in [6.45, 7) is 1.92. The van der Waals surface area contributed by atoms with Crippen molar-refractivity contribution < 1.29 is 9.59 Å². The number of carbonyl (C=O) groups excluding carboxylic acids is 2. The number of rotatable bonds is 3. The largest absolute Gasteiger partial charge is 0.358 e. The number of pyridine rings is 1. The molecule has 5 nitrogen and oxygen atoms in total. The minimum atomic E-state index is -0.472. The lowest BCUT2D eigenvalue weighted by Gasteiger charge is -2.15. The molecule has 1 atom stereocenters. The van der Waals surface area contributed by atoms with Crippen molar-refractivity contribution in [1.29, 1.82) is 0 Å². The predicted octanol–water partition coefficient (Wildman–Crippen LogP) is 1.85. The van der Waals surface area contributed by atoms with E-state index in [0.29, 0.717) is 5.82 Å². The maximum atomic E-state index is 12.2. The molecular weight excluding hydrogens is 310 g/mol. The Kier molecular flexibility index (Phi) is 3.05. The molecule has 0 aromatic carbocycles. The number of hydrogen-bond donors (Lipinski definition) is 1. The maximum Gasteiger partial charge on any atom is 0.252 e. The molecule has 1 aliphatic carbocycles. The highest BCUT2D eigenvalue weighted by atomic mass is 79.9. The molecule has 6 heteroatoms. The van der Waals surface area contributed by atoms with E-state index in [-0.39, 0.29) is 24.3 Å². The zero-order valence-electron chi connectivity index (χ0n) is 10.5. The number of imide groups is 1. The third-order valence-electron chi connectivity index (χ3n) is 3.45. The molecule has 19 heavy (non-hydrogen) atoms. The molecule has 0 radical (unpaired) electrons. The molecule has 1 saturated carbocycles. The molecule has 2 aliphatic rings. The normalized spacial score (nSPS) is 23.1. The zero-order chi connectivity index (χ0) is 13.6. The van der Waals surface area contributed by atoms with Gasteiger partial charge in [-0.25, -0.2) is 4.98 Å². The fraction of sp³-hybridized carbons (Fsp3) is 0.462. The van der Waals surface area contributed by atoms with Gasteiger partial charge in [-0.3, -0.25) is 14.5 Å². The maximum absolute atomic E-state index is 12.2. The van der Waals surface area contributed by atoms with Crippen molar-refractivity contribution in [2.45, 2.75) is 38.3 Å². The van der Waals surface area contributed by atoms with Gasteiger partial charge in [0, 0.05) is 16.7 Å². The number of aryl methyl sites for hydroxylation is 1. The van der Waals surface area contributed by atoms with Crippen LogP contribution in [0, 0.1) is 6.92 Å². The number of aromatic nitrogens is 1. The first-order valence-electron chi connectivity index (χ1n) is 6.31. The van der Waals surface area contributed by atoms with E-state index in [0.717, 1.165) is 22.9 Å². The number of nitrogens with one attached hydrogen (secondary N) is 1. The number of amides is 2. The molecule has 1 aromatic rings. The van der Waals surface area contributed by atoms with Gasteiger partial charge in [-0.1, -0.05) is 0 Å². The molecule has 0 spiro atoms. The van der Waals surface area contributed by atoms with Crippen molar-refractivity contribution >= 4 is 33.6 Å². The first kappa shape index (κ1) is 12.6. The average molecular weight is 324 g/mol. The van der Waals surface area contributed by atoms with Gasteiger partial charge < -0.3 is 5.32 Å². The molecule has 1 saturated heterocycles. The molecule has 1 N–H and O–H groups in total. The number of carbonyl (C=O) groups is 2. The lowest BCUT2D eigenvalue weighted by atomic mass is 10.2. The van der Waals surface area contributed by atoms with Gasteiger partial charge in [0.05, 0.1) is 6.42 Å². The minimum absolute atomic E-state index is 0.0697. The second-order valence-corrected chi connectivity index (χ2v) is 5.97. The van der Waals surface area contributed by atoms with Gasteiger partial charge in [0.2, 0.25) is 5.91 Å². The van der Waals surface area contributed by atoms with Gasteiger partial charge in [-0.15, -0.1) is 0 Å². The van der Waals surface area contributed by atoms with E-state index in [9.17, 15) is 9.59 Å². The number of halogens is 1. The molecule has 1 unspecified atom stereocenters. The van der Waals surface area contributed by atoms with Crippen LogP contribution < -0.4 is 5.32 Å². The van der Waals surface area contributed by atoms with Crippen molar-refractivity contribution in [2.75, 3.05) is 5.32 Å². The van der Waals surface area contributed by atoms with E-state index in [2.05, 4.69) is 26.2 Å². The first-order chi connectivity index (χ1) is 9.06. The van der Waals surface area contributed by atoms with E-state index < -0.39 is 6.04 Å². The fourth-order valence-electron chi connectivity index (χ4n) is 2.34. The van der Waals surface area contributed by atoms with Crippen molar-refractivity contribution in [3.8, 4) is 0 Å². The Hall–Kier alpha value is -1.43. The Morgan fingerprint density at radius 3 is 2.79 bits per heavy atom. The lowest BCUT2D eigenvalue weighted by Crippen LogP contribution is -2.36. The SMILES string of the molecule is Cc1cc(Br)cnc1NC1CC(=O)N(C2CC2)C1=O. The summed E-state index contributed by atoms with van der Waals surface area (Å²) < 4.78 is 0.893. The summed E-state index contributed by atoms with van der Waals surface area (Å²) in [5.74, 6) is 0.475. The van der Waals surface area contributed by atoms with Gasteiger partial charge in [0.15, 0.2) is 0 Å². The van der Waals surface area contributed by atoms with Crippen LogP contribution in [0.2, 0.25) is 0 Å². The summed E-state index contributed by atoms with van der Waals surface area (Å²) in [7, 11) is 0. The van der Waals surface area contributed by atoms with Crippen LogP contribution in [-0.2, 0) is 9.59 Å². The molecule has 1 aliphatic heterocycles. The Morgan fingerprint density at radius 1 is 1.42 bits per heavy atom. The summed E-state index contributed by atoms with van der Waals surface area (Å²) in [4.78, 5) is 29.7. The second-order valence-electron chi connectivity index (χ2n) is 5.05. The van der Waals surface area contributed by atoms with Gasteiger partial charge in [-0.05, 0) is 47.3 Å². The molecule has 100 valence electrons. The van der Waals surface area contributed by atoms with Crippen molar-refractivity contribution in [3.63, 3.8) is 0 Å². The first-order valence-corrected chi connectivity index (χ1v) is 7.10. The number of hydrogen-bond acceptors (Lipinski definition) is 4. The number of likely N-dealkylation sites (tertiary alicyclic amines) is 1. The highest BCUT2D eigenvalue weighted by Gasteiger charge is 2.46. The molecule has 2 amide bonds. The zero-order valence-corrected chi connectivity index (χ0v) is 12.1. The summed E-state index contributed by atoms with van der Waals surface area (Å²) in [6.07, 6.45) is 3.79.